The molecule has 6 rings (SSSR count). The first-order valence-corrected chi connectivity index (χ1v) is 11.7. The van der Waals surface area contributed by atoms with Crippen molar-refractivity contribution in [3.05, 3.63) is 111 Å². The average Bonchev–Trinajstić information content (AvgIpc) is 3.37. The Morgan fingerprint density at radius 1 is 0.917 bits per heavy atom. The number of hydrogen-bond acceptors (Lipinski definition) is 6. The molecule has 178 valence electrons. The van der Waals surface area contributed by atoms with E-state index in [4.69, 9.17) is 11.6 Å². The first-order valence-electron chi connectivity index (χ1n) is 11.3. The number of anilines is 1. The fourth-order valence-electron chi connectivity index (χ4n) is 5.65. The van der Waals surface area contributed by atoms with E-state index in [1.165, 1.54) is 24.3 Å². The van der Waals surface area contributed by atoms with Gasteiger partial charge in [0.1, 0.15) is 6.04 Å². The van der Waals surface area contributed by atoms with E-state index in [-0.39, 0.29) is 17.2 Å². The second kappa shape index (κ2) is 8.13. The van der Waals surface area contributed by atoms with Crippen molar-refractivity contribution in [2.45, 2.75) is 12.1 Å². The van der Waals surface area contributed by atoms with E-state index in [2.05, 4.69) is 0 Å². The summed E-state index contributed by atoms with van der Waals surface area (Å²) >= 11 is 6.01. The summed E-state index contributed by atoms with van der Waals surface area (Å²) in [6.07, 6.45) is 3.60. The standard InChI is InChI=1S/C27H18ClN3O5/c28-17-8-10-18(11-9-17)30-26(33)21-22(27(30)34)24(25(32)16-5-3-6-19(14-16)31(35)36)29-13-12-15-4-1-2-7-20(15)23(21)29/h1-14,21-24H/t21-,22-,23-,24+/m0/s1. The van der Waals surface area contributed by atoms with Crippen molar-refractivity contribution in [2.24, 2.45) is 11.8 Å². The summed E-state index contributed by atoms with van der Waals surface area (Å²) in [5, 5.41) is 11.8. The number of Topliss-reactive ketones (excluding diaryl/α,β-unsaturated/α-hetero) is 1. The number of rotatable bonds is 4. The minimum atomic E-state index is -1.000. The number of nitro groups is 1. The molecule has 0 N–H and O–H groups in total. The largest absolute Gasteiger partial charge is 0.358 e. The molecule has 0 spiro atoms. The highest BCUT2D eigenvalue weighted by Crippen LogP contribution is 2.53. The third-order valence-corrected chi connectivity index (χ3v) is 7.41. The number of hydrogen-bond donors (Lipinski definition) is 0. The van der Waals surface area contributed by atoms with Crippen molar-refractivity contribution in [1.29, 1.82) is 0 Å². The predicted molar refractivity (Wildman–Crippen MR) is 132 cm³/mol. The molecule has 0 aliphatic carbocycles. The van der Waals surface area contributed by atoms with Gasteiger partial charge in [-0.1, -0.05) is 48.0 Å². The summed E-state index contributed by atoms with van der Waals surface area (Å²) < 4.78 is 0. The van der Waals surface area contributed by atoms with Crippen molar-refractivity contribution >= 4 is 46.6 Å². The predicted octanol–water partition coefficient (Wildman–Crippen LogP) is 4.65. The van der Waals surface area contributed by atoms with E-state index in [1.807, 2.05) is 30.3 Å². The van der Waals surface area contributed by atoms with Crippen molar-refractivity contribution < 1.29 is 19.3 Å². The summed E-state index contributed by atoms with van der Waals surface area (Å²) in [6, 6.07) is 17.9. The molecule has 36 heavy (non-hydrogen) atoms. The first-order chi connectivity index (χ1) is 17.4. The molecule has 3 aromatic carbocycles. The van der Waals surface area contributed by atoms with Crippen LogP contribution in [0.2, 0.25) is 5.02 Å². The smallest absolute Gasteiger partial charge is 0.270 e. The zero-order chi connectivity index (χ0) is 25.1. The van der Waals surface area contributed by atoms with Crippen LogP contribution in [0.1, 0.15) is 27.5 Å². The molecule has 0 unspecified atom stereocenters. The molecule has 0 saturated carbocycles. The number of benzene rings is 3. The molecule has 2 fully saturated rings. The molecule has 0 bridgehead atoms. The van der Waals surface area contributed by atoms with Gasteiger partial charge in [-0.25, -0.2) is 4.90 Å². The lowest BCUT2D eigenvalue weighted by Crippen LogP contribution is -2.44. The van der Waals surface area contributed by atoms with Gasteiger partial charge in [0.2, 0.25) is 11.8 Å². The lowest BCUT2D eigenvalue weighted by molar-refractivity contribution is -0.384. The van der Waals surface area contributed by atoms with Crippen LogP contribution in [-0.4, -0.2) is 33.5 Å². The molecule has 3 heterocycles. The van der Waals surface area contributed by atoms with Gasteiger partial charge >= 0.3 is 0 Å². The maximum atomic E-state index is 13.9. The Hall–Kier alpha value is -4.30. The number of carbonyl (C=O) groups excluding carboxylic acids is 3. The van der Waals surface area contributed by atoms with Crippen molar-refractivity contribution in [3.8, 4) is 0 Å². The summed E-state index contributed by atoms with van der Waals surface area (Å²) in [4.78, 5) is 55.2. The van der Waals surface area contributed by atoms with Crippen LogP contribution >= 0.6 is 11.6 Å². The molecule has 9 heteroatoms. The van der Waals surface area contributed by atoms with Crippen molar-refractivity contribution in [1.82, 2.24) is 4.90 Å². The number of nitrogens with zero attached hydrogens (tertiary/aromatic N) is 3. The Bertz CT molecular complexity index is 1480. The quantitative estimate of drug-likeness (QED) is 0.224. The number of amides is 2. The topological polar surface area (TPSA) is 101 Å². The van der Waals surface area contributed by atoms with Crippen LogP contribution in [0.15, 0.2) is 79.0 Å². The number of halogens is 1. The summed E-state index contributed by atoms with van der Waals surface area (Å²) in [5.74, 6) is -3.06. The number of ketones is 1. The van der Waals surface area contributed by atoms with Gasteiger partial charge in [0, 0.05) is 28.9 Å². The zero-order valence-electron chi connectivity index (χ0n) is 18.7. The molecule has 8 nitrogen and oxygen atoms in total. The van der Waals surface area contributed by atoms with Gasteiger partial charge in [0.15, 0.2) is 5.78 Å². The minimum Gasteiger partial charge on any atom is -0.358 e. The Morgan fingerprint density at radius 3 is 2.39 bits per heavy atom. The Balaban J connectivity index is 1.49. The normalized spacial score (nSPS) is 23.9. The van der Waals surface area contributed by atoms with Gasteiger partial charge < -0.3 is 4.90 Å². The Morgan fingerprint density at radius 2 is 1.64 bits per heavy atom. The van der Waals surface area contributed by atoms with Gasteiger partial charge in [-0.2, -0.15) is 0 Å². The van der Waals surface area contributed by atoms with Gasteiger partial charge in [-0.15, -0.1) is 0 Å². The van der Waals surface area contributed by atoms with Crippen LogP contribution in [0.3, 0.4) is 0 Å². The molecule has 2 amide bonds. The van der Waals surface area contributed by atoms with Crippen LogP contribution in [-0.2, 0) is 9.59 Å². The highest BCUT2D eigenvalue weighted by Gasteiger charge is 2.64. The van der Waals surface area contributed by atoms with Crippen LogP contribution in [0.5, 0.6) is 0 Å². The number of carbonyl (C=O) groups is 3. The molecular formula is C27H18ClN3O5. The third kappa shape index (κ3) is 3.18. The molecule has 4 atom stereocenters. The van der Waals surface area contributed by atoms with E-state index in [1.54, 1.807) is 35.4 Å². The lowest BCUT2D eigenvalue weighted by Gasteiger charge is -2.35. The number of non-ortho nitro benzene ring substituents is 1. The molecule has 0 radical (unpaired) electrons. The molecule has 3 aliphatic heterocycles. The first kappa shape index (κ1) is 22.2. The Kier molecular flexibility index (Phi) is 5.01. The van der Waals surface area contributed by atoms with Gasteiger partial charge in [-0.05, 0) is 41.5 Å². The second-order valence-corrected chi connectivity index (χ2v) is 9.43. The van der Waals surface area contributed by atoms with Crippen molar-refractivity contribution in [2.75, 3.05) is 4.90 Å². The van der Waals surface area contributed by atoms with E-state index in [0.29, 0.717) is 10.7 Å². The highest BCUT2D eigenvalue weighted by atomic mass is 35.5. The van der Waals surface area contributed by atoms with Crippen LogP contribution in [0.25, 0.3) is 6.08 Å². The molecular weight excluding hydrogens is 482 g/mol. The highest BCUT2D eigenvalue weighted by molar-refractivity contribution is 6.31. The van der Waals surface area contributed by atoms with E-state index < -0.39 is 40.5 Å². The van der Waals surface area contributed by atoms with Crippen molar-refractivity contribution in [3.63, 3.8) is 0 Å². The number of fused-ring (bicyclic) bond motifs is 5. The van der Waals surface area contributed by atoms with Crippen LogP contribution in [0.4, 0.5) is 11.4 Å². The summed E-state index contributed by atoms with van der Waals surface area (Å²) in [7, 11) is 0. The maximum Gasteiger partial charge on any atom is 0.270 e. The monoisotopic (exact) mass is 499 g/mol. The Labute approximate surface area is 210 Å². The van der Waals surface area contributed by atoms with E-state index in [0.717, 1.165) is 16.0 Å². The fraction of sp³-hybridized carbons (Fsp3) is 0.148. The van der Waals surface area contributed by atoms with Gasteiger partial charge in [0.05, 0.1) is 28.5 Å². The zero-order valence-corrected chi connectivity index (χ0v) is 19.4. The van der Waals surface area contributed by atoms with Crippen LogP contribution < -0.4 is 4.90 Å². The third-order valence-electron chi connectivity index (χ3n) is 7.16. The lowest BCUT2D eigenvalue weighted by atomic mass is 9.83. The SMILES string of the molecule is O=C(c1cccc([N+](=O)[O-])c1)[C@H]1[C@H]2C(=O)N(c3ccc(Cl)cc3)C(=O)[C@@H]2[C@@H]2c3ccccc3C=CN12. The molecule has 2 saturated heterocycles. The number of imide groups is 1. The molecule has 0 aromatic heterocycles. The molecule has 3 aromatic rings. The minimum absolute atomic E-state index is 0.117. The summed E-state index contributed by atoms with van der Waals surface area (Å²) in [5.41, 5.74) is 2.04. The van der Waals surface area contributed by atoms with Gasteiger partial charge in [-0.3, -0.25) is 24.5 Å². The fourth-order valence-corrected chi connectivity index (χ4v) is 5.77. The van der Waals surface area contributed by atoms with E-state index >= 15 is 0 Å². The maximum absolute atomic E-state index is 13.9. The second-order valence-electron chi connectivity index (χ2n) is 8.99. The molecule has 3 aliphatic rings. The average molecular weight is 500 g/mol. The van der Waals surface area contributed by atoms with Crippen LogP contribution in [0, 0.1) is 22.0 Å². The van der Waals surface area contributed by atoms with Gasteiger partial charge in [0.25, 0.3) is 5.69 Å². The summed E-state index contributed by atoms with van der Waals surface area (Å²) in [6.45, 7) is 0. The number of nitro benzene ring substituents is 1. The van der Waals surface area contributed by atoms with E-state index in [9.17, 15) is 24.5 Å².